The van der Waals surface area contributed by atoms with E-state index in [1.165, 1.54) is 19.5 Å². The minimum absolute atomic E-state index is 0.0224. The van der Waals surface area contributed by atoms with Crippen LogP contribution in [0.15, 0.2) is 12.4 Å². The molecule has 12 heteroatoms. The van der Waals surface area contributed by atoms with Gasteiger partial charge in [0.15, 0.2) is 23.2 Å². The quantitative estimate of drug-likeness (QED) is 0.217. The summed E-state index contributed by atoms with van der Waals surface area (Å²) in [5.74, 6) is -2.09. The number of H-pyrrole nitrogens is 2. The minimum atomic E-state index is -1.15. The van der Waals surface area contributed by atoms with E-state index < -0.39 is 24.0 Å². The highest BCUT2D eigenvalue weighted by Crippen LogP contribution is 2.10. The van der Waals surface area contributed by atoms with Crippen molar-refractivity contribution in [3.8, 4) is 0 Å². The summed E-state index contributed by atoms with van der Waals surface area (Å²) in [6.07, 6.45) is 3.40. The van der Waals surface area contributed by atoms with Gasteiger partial charge in [0.2, 0.25) is 0 Å². The maximum Gasteiger partial charge on any atom is 0.323 e. The number of imidazole rings is 2. The highest BCUT2D eigenvalue weighted by atomic mass is 16.5. The number of carbonyl (C=O) groups excluding carboxylic acids is 3. The molecule has 2 heterocycles. The molecule has 0 aliphatic carbocycles. The van der Waals surface area contributed by atoms with Crippen LogP contribution in [0.4, 0.5) is 0 Å². The summed E-state index contributed by atoms with van der Waals surface area (Å²) in [4.78, 5) is 60.0. The Morgan fingerprint density at radius 2 is 1.43 bits per heavy atom. The van der Waals surface area contributed by atoms with Crippen LogP contribution >= 0.6 is 0 Å². The van der Waals surface area contributed by atoms with E-state index in [4.69, 9.17) is 16.6 Å². The third-order valence-corrected chi connectivity index (χ3v) is 4.29. The Morgan fingerprint density at radius 1 is 0.967 bits per heavy atom. The number of hydrogen-bond donors (Lipinski definition) is 5. The molecule has 162 valence electrons. The average molecular weight is 420 g/mol. The molecular formula is C18H24N6O6. The van der Waals surface area contributed by atoms with E-state index in [9.17, 15) is 19.2 Å². The number of hydrogen-bond acceptors (Lipinski definition) is 9. The summed E-state index contributed by atoms with van der Waals surface area (Å²) >= 11 is 0. The lowest BCUT2D eigenvalue weighted by atomic mass is 10.1. The number of nitrogens with zero attached hydrogens (tertiary/aromatic N) is 2. The molecule has 0 radical (unpaired) electrons. The van der Waals surface area contributed by atoms with Gasteiger partial charge >= 0.3 is 11.9 Å². The number of nitrogens with two attached hydrogens (primary N) is 2. The number of esters is 1. The van der Waals surface area contributed by atoms with Crippen molar-refractivity contribution in [2.75, 3.05) is 7.11 Å². The van der Waals surface area contributed by atoms with Crippen molar-refractivity contribution in [3.05, 3.63) is 35.4 Å². The zero-order chi connectivity index (χ0) is 22.3. The van der Waals surface area contributed by atoms with Crippen molar-refractivity contribution in [1.82, 2.24) is 19.9 Å². The lowest BCUT2D eigenvalue weighted by Crippen LogP contribution is -2.33. The number of carboxylic acid groups (broad SMARTS) is 1. The van der Waals surface area contributed by atoms with Crippen LogP contribution in [0, 0.1) is 0 Å². The molecule has 2 aromatic rings. The third-order valence-electron chi connectivity index (χ3n) is 4.29. The summed E-state index contributed by atoms with van der Waals surface area (Å²) < 4.78 is 4.54. The summed E-state index contributed by atoms with van der Waals surface area (Å²) in [5.41, 5.74) is 12.1. The number of ether oxygens (including phenoxy) is 1. The first-order valence-corrected chi connectivity index (χ1v) is 9.17. The Kier molecular flexibility index (Phi) is 7.95. The first-order chi connectivity index (χ1) is 14.2. The van der Waals surface area contributed by atoms with E-state index in [1.54, 1.807) is 0 Å². The van der Waals surface area contributed by atoms with E-state index in [-0.39, 0.29) is 55.3 Å². The van der Waals surface area contributed by atoms with Gasteiger partial charge < -0.3 is 31.3 Å². The molecule has 0 bridgehead atoms. The molecule has 30 heavy (non-hydrogen) atoms. The van der Waals surface area contributed by atoms with Gasteiger partial charge in [0.25, 0.3) is 0 Å². The van der Waals surface area contributed by atoms with Crippen LogP contribution in [0.2, 0.25) is 0 Å². The lowest BCUT2D eigenvalue weighted by molar-refractivity contribution is -0.142. The minimum Gasteiger partial charge on any atom is -0.480 e. The smallest absolute Gasteiger partial charge is 0.323 e. The van der Waals surface area contributed by atoms with Gasteiger partial charge in [-0.15, -0.1) is 0 Å². The van der Waals surface area contributed by atoms with Crippen LogP contribution in [-0.2, 0) is 27.2 Å². The van der Waals surface area contributed by atoms with Gasteiger partial charge in [0.1, 0.15) is 12.1 Å². The highest BCUT2D eigenvalue weighted by molar-refractivity contribution is 5.95. The van der Waals surface area contributed by atoms with Crippen molar-refractivity contribution in [3.63, 3.8) is 0 Å². The Bertz CT molecular complexity index is 920. The number of carbonyl (C=O) groups is 4. The number of methoxy groups -OCH3 is 1. The molecule has 2 aromatic heterocycles. The number of aromatic amines is 2. The second-order valence-electron chi connectivity index (χ2n) is 6.70. The Balaban J connectivity index is 1.80. The van der Waals surface area contributed by atoms with Crippen LogP contribution in [0.5, 0.6) is 0 Å². The van der Waals surface area contributed by atoms with Gasteiger partial charge in [-0.1, -0.05) is 0 Å². The van der Waals surface area contributed by atoms with Gasteiger partial charge in [-0.2, -0.15) is 0 Å². The second-order valence-corrected chi connectivity index (χ2v) is 6.70. The molecule has 0 aliphatic heterocycles. The van der Waals surface area contributed by atoms with E-state index in [1.807, 2.05) is 0 Å². The Morgan fingerprint density at radius 3 is 1.87 bits per heavy atom. The van der Waals surface area contributed by atoms with E-state index in [2.05, 4.69) is 24.7 Å². The summed E-state index contributed by atoms with van der Waals surface area (Å²) in [6.45, 7) is 0. The molecule has 0 aromatic carbocycles. The van der Waals surface area contributed by atoms with E-state index in [0.717, 1.165) is 0 Å². The molecule has 0 amide bonds. The predicted molar refractivity (Wildman–Crippen MR) is 103 cm³/mol. The van der Waals surface area contributed by atoms with Crippen molar-refractivity contribution < 1.29 is 29.0 Å². The lowest BCUT2D eigenvalue weighted by Gasteiger charge is -2.06. The molecule has 2 atom stereocenters. The van der Waals surface area contributed by atoms with Gasteiger partial charge in [-0.25, -0.2) is 9.97 Å². The number of Topliss-reactive ketones (excluding diaryl/α,β-unsaturated/α-hetero) is 2. The number of ketones is 2. The molecule has 0 spiro atoms. The van der Waals surface area contributed by atoms with Crippen molar-refractivity contribution in [2.24, 2.45) is 11.5 Å². The first kappa shape index (κ1) is 22.9. The maximum atomic E-state index is 12.2. The summed E-state index contributed by atoms with van der Waals surface area (Å²) in [5, 5.41) is 8.81. The van der Waals surface area contributed by atoms with Crippen LogP contribution in [0.25, 0.3) is 0 Å². The van der Waals surface area contributed by atoms with E-state index in [0.29, 0.717) is 11.4 Å². The van der Waals surface area contributed by atoms with Crippen molar-refractivity contribution >= 4 is 23.5 Å². The number of aromatic nitrogens is 4. The molecule has 0 saturated heterocycles. The van der Waals surface area contributed by atoms with Crippen molar-refractivity contribution in [2.45, 2.75) is 44.2 Å². The fraction of sp³-hybridized carbons (Fsp3) is 0.444. The van der Waals surface area contributed by atoms with Crippen LogP contribution in [0.1, 0.15) is 51.9 Å². The van der Waals surface area contributed by atoms with Crippen LogP contribution in [-0.4, -0.2) is 67.7 Å². The van der Waals surface area contributed by atoms with Gasteiger partial charge in [0.05, 0.1) is 7.11 Å². The highest BCUT2D eigenvalue weighted by Gasteiger charge is 2.19. The maximum absolute atomic E-state index is 12.2. The molecule has 2 unspecified atom stereocenters. The Hall–Kier alpha value is -3.38. The molecular weight excluding hydrogens is 396 g/mol. The zero-order valence-electron chi connectivity index (χ0n) is 16.4. The van der Waals surface area contributed by atoms with Crippen molar-refractivity contribution in [1.29, 1.82) is 0 Å². The number of carboxylic acids is 1. The van der Waals surface area contributed by atoms with Gasteiger partial charge in [0, 0.05) is 49.5 Å². The monoisotopic (exact) mass is 420 g/mol. The zero-order valence-corrected chi connectivity index (χ0v) is 16.4. The topological polar surface area (TPSA) is 207 Å². The number of aliphatic carboxylic acids is 1. The fourth-order valence-corrected chi connectivity index (χ4v) is 2.65. The summed E-state index contributed by atoms with van der Waals surface area (Å²) in [7, 11) is 1.24. The molecule has 7 N–H and O–H groups in total. The largest absolute Gasteiger partial charge is 0.480 e. The summed E-state index contributed by atoms with van der Waals surface area (Å²) in [6, 6.07) is -1.95. The normalized spacial score (nSPS) is 12.9. The van der Waals surface area contributed by atoms with Gasteiger partial charge in [-0.05, 0) is 6.42 Å². The van der Waals surface area contributed by atoms with Gasteiger partial charge in [-0.3, -0.25) is 19.2 Å². The standard InChI is InChI=1S/C18H24N6O6/c1-30-18(29)12(20)6-10-8-22-16(24-10)14(26)4-2-3-13(25)15-21-7-9(23-15)5-11(19)17(27)28/h7-8,11-12H,2-6,19-20H2,1H3,(H,21,23)(H,22,24)(H,27,28). The van der Waals surface area contributed by atoms with Crippen LogP contribution < -0.4 is 11.5 Å². The predicted octanol–water partition coefficient (Wildman–Crippen LogP) is -0.634. The Labute approximate surface area is 171 Å². The third kappa shape index (κ3) is 6.32. The molecule has 0 aliphatic rings. The second kappa shape index (κ2) is 10.4. The first-order valence-electron chi connectivity index (χ1n) is 9.17. The number of rotatable bonds is 12. The molecule has 0 saturated carbocycles. The van der Waals surface area contributed by atoms with Crippen LogP contribution in [0.3, 0.4) is 0 Å². The molecule has 0 fully saturated rings. The average Bonchev–Trinajstić information content (AvgIpc) is 3.36. The molecule has 2 rings (SSSR count). The SMILES string of the molecule is COC(=O)C(N)Cc1cnc(C(=O)CCCC(=O)c2ncc(CC(N)C(=O)O)[nH]2)[nH]1. The number of nitrogens with one attached hydrogen (secondary N) is 2. The molecule has 12 nitrogen and oxygen atoms in total. The van der Waals surface area contributed by atoms with E-state index >= 15 is 0 Å². The fourth-order valence-electron chi connectivity index (χ4n) is 2.65.